The SMILES string of the molecule is CN(CC(=O)O)C(=O)CN(C)S(=O)(=O)c1ccc(Cl)cc1. The number of aliphatic carboxylic acids is 1. The Morgan fingerprint density at radius 2 is 1.67 bits per heavy atom. The number of carbonyl (C=O) groups excluding carboxylic acids is 1. The van der Waals surface area contributed by atoms with Crippen LogP contribution in [0.5, 0.6) is 0 Å². The summed E-state index contributed by atoms with van der Waals surface area (Å²) in [6.45, 7) is -0.942. The number of hydrogen-bond donors (Lipinski definition) is 1. The average molecular weight is 335 g/mol. The van der Waals surface area contributed by atoms with Gasteiger partial charge in [0, 0.05) is 19.1 Å². The number of halogens is 1. The number of carboxylic acids is 1. The summed E-state index contributed by atoms with van der Waals surface area (Å²) in [5.41, 5.74) is 0. The zero-order valence-electron chi connectivity index (χ0n) is 11.5. The number of benzene rings is 1. The van der Waals surface area contributed by atoms with E-state index in [1.165, 1.54) is 38.4 Å². The zero-order valence-corrected chi connectivity index (χ0v) is 13.1. The Labute approximate surface area is 127 Å². The molecule has 1 aromatic carbocycles. The molecular weight excluding hydrogens is 320 g/mol. The van der Waals surface area contributed by atoms with Gasteiger partial charge in [0.2, 0.25) is 15.9 Å². The third-order valence-electron chi connectivity index (χ3n) is 2.68. The van der Waals surface area contributed by atoms with Crippen LogP contribution in [0.2, 0.25) is 5.02 Å². The molecule has 0 radical (unpaired) electrons. The Hall–Kier alpha value is -1.64. The number of sulfonamides is 1. The van der Waals surface area contributed by atoms with E-state index in [-0.39, 0.29) is 4.90 Å². The Kier molecular flexibility index (Phi) is 5.70. The summed E-state index contributed by atoms with van der Waals surface area (Å²) in [7, 11) is -1.30. The van der Waals surface area contributed by atoms with E-state index in [9.17, 15) is 18.0 Å². The van der Waals surface area contributed by atoms with Crippen molar-refractivity contribution in [1.82, 2.24) is 9.21 Å². The van der Waals surface area contributed by atoms with Gasteiger partial charge in [-0.05, 0) is 24.3 Å². The zero-order chi connectivity index (χ0) is 16.2. The number of hydrogen-bond acceptors (Lipinski definition) is 4. The van der Waals surface area contributed by atoms with E-state index in [0.29, 0.717) is 5.02 Å². The van der Waals surface area contributed by atoms with Crippen molar-refractivity contribution >= 4 is 33.5 Å². The highest BCUT2D eigenvalue weighted by Crippen LogP contribution is 2.17. The van der Waals surface area contributed by atoms with Gasteiger partial charge >= 0.3 is 5.97 Å². The predicted octanol–water partition coefficient (Wildman–Crippen LogP) is 0.504. The second kappa shape index (κ2) is 6.88. The van der Waals surface area contributed by atoms with Crippen LogP contribution in [-0.2, 0) is 19.6 Å². The highest BCUT2D eigenvalue weighted by Gasteiger charge is 2.24. The fourth-order valence-corrected chi connectivity index (χ4v) is 2.72. The predicted molar refractivity (Wildman–Crippen MR) is 76.5 cm³/mol. The number of carboxylic acid groups (broad SMARTS) is 1. The van der Waals surface area contributed by atoms with Gasteiger partial charge in [0.1, 0.15) is 6.54 Å². The molecule has 116 valence electrons. The lowest BCUT2D eigenvalue weighted by molar-refractivity contribution is -0.143. The Bertz CT molecular complexity index is 630. The molecule has 9 heteroatoms. The van der Waals surface area contributed by atoms with Crippen LogP contribution in [0.4, 0.5) is 0 Å². The van der Waals surface area contributed by atoms with Crippen molar-refractivity contribution in [2.45, 2.75) is 4.90 Å². The molecule has 0 atom stereocenters. The molecule has 0 saturated carbocycles. The maximum absolute atomic E-state index is 12.2. The second-order valence-electron chi connectivity index (χ2n) is 4.36. The Balaban J connectivity index is 2.82. The minimum absolute atomic E-state index is 0.00286. The molecule has 0 aliphatic heterocycles. The molecular formula is C12H15ClN2O5S. The first-order valence-corrected chi connectivity index (χ1v) is 7.64. The van der Waals surface area contributed by atoms with E-state index >= 15 is 0 Å². The first-order chi connectivity index (χ1) is 9.64. The number of nitrogens with zero attached hydrogens (tertiary/aromatic N) is 2. The first kappa shape index (κ1) is 17.4. The van der Waals surface area contributed by atoms with Gasteiger partial charge in [0.25, 0.3) is 0 Å². The van der Waals surface area contributed by atoms with Crippen LogP contribution in [0.15, 0.2) is 29.2 Å². The first-order valence-electron chi connectivity index (χ1n) is 5.82. The summed E-state index contributed by atoms with van der Waals surface area (Å²) >= 11 is 5.69. The molecule has 0 bridgehead atoms. The summed E-state index contributed by atoms with van der Waals surface area (Å²) in [4.78, 5) is 23.2. The van der Waals surface area contributed by atoms with Crippen LogP contribution in [0, 0.1) is 0 Å². The molecule has 1 rings (SSSR count). The molecule has 1 N–H and O–H groups in total. The van der Waals surface area contributed by atoms with E-state index in [2.05, 4.69) is 0 Å². The smallest absolute Gasteiger partial charge is 0.323 e. The topological polar surface area (TPSA) is 95.0 Å². The van der Waals surface area contributed by atoms with E-state index in [1.807, 2.05) is 0 Å². The maximum atomic E-state index is 12.2. The second-order valence-corrected chi connectivity index (χ2v) is 6.84. The minimum Gasteiger partial charge on any atom is -0.480 e. The summed E-state index contributed by atoms with van der Waals surface area (Å²) in [5, 5.41) is 8.99. The van der Waals surface area contributed by atoms with Crippen LogP contribution >= 0.6 is 11.6 Å². The quantitative estimate of drug-likeness (QED) is 0.817. The van der Waals surface area contributed by atoms with Crippen molar-refractivity contribution in [3.8, 4) is 0 Å². The maximum Gasteiger partial charge on any atom is 0.323 e. The van der Waals surface area contributed by atoms with Crippen LogP contribution < -0.4 is 0 Å². The lowest BCUT2D eigenvalue weighted by Crippen LogP contribution is -2.41. The number of amides is 1. The van der Waals surface area contributed by atoms with E-state index in [1.54, 1.807) is 0 Å². The molecule has 0 fully saturated rings. The van der Waals surface area contributed by atoms with Crippen LogP contribution in [0.3, 0.4) is 0 Å². The van der Waals surface area contributed by atoms with Gasteiger partial charge < -0.3 is 10.0 Å². The minimum atomic E-state index is -3.83. The van der Waals surface area contributed by atoms with Gasteiger partial charge in [-0.1, -0.05) is 11.6 Å². The van der Waals surface area contributed by atoms with Crippen LogP contribution in [-0.4, -0.2) is 61.8 Å². The summed E-state index contributed by atoms with van der Waals surface area (Å²) in [5.74, 6) is -1.79. The molecule has 1 amide bonds. The van der Waals surface area contributed by atoms with E-state index in [4.69, 9.17) is 16.7 Å². The molecule has 0 heterocycles. The summed E-state index contributed by atoms with van der Waals surface area (Å²) in [6.07, 6.45) is 0. The van der Waals surface area contributed by atoms with Gasteiger partial charge in [0.15, 0.2) is 0 Å². The van der Waals surface area contributed by atoms with Crippen molar-refractivity contribution in [3.63, 3.8) is 0 Å². The fraction of sp³-hybridized carbons (Fsp3) is 0.333. The molecule has 0 unspecified atom stereocenters. The van der Waals surface area contributed by atoms with E-state index in [0.717, 1.165) is 9.21 Å². The average Bonchev–Trinajstić information content (AvgIpc) is 2.38. The van der Waals surface area contributed by atoms with Gasteiger partial charge in [-0.3, -0.25) is 9.59 Å². The summed E-state index contributed by atoms with van der Waals surface area (Å²) < 4.78 is 25.3. The van der Waals surface area contributed by atoms with Gasteiger partial charge in [0.05, 0.1) is 11.4 Å². The highest BCUT2D eigenvalue weighted by atomic mass is 35.5. The lowest BCUT2D eigenvalue weighted by atomic mass is 10.4. The highest BCUT2D eigenvalue weighted by molar-refractivity contribution is 7.89. The third kappa shape index (κ3) is 4.69. The van der Waals surface area contributed by atoms with Crippen molar-refractivity contribution in [1.29, 1.82) is 0 Å². The Morgan fingerprint density at radius 3 is 2.14 bits per heavy atom. The molecule has 21 heavy (non-hydrogen) atoms. The largest absolute Gasteiger partial charge is 0.480 e. The molecule has 0 aromatic heterocycles. The van der Waals surface area contributed by atoms with Crippen LogP contribution in [0.1, 0.15) is 0 Å². The van der Waals surface area contributed by atoms with Gasteiger partial charge in [-0.2, -0.15) is 4.31 Å². The number of rotatable bonds is 6. The van der Waals surface area contributed by atoms with Gasteiger partial charge in [-0.15, -0.1) is 0 Å². The van der Waals surface area contributed by atoms with Crippen molar-refractivity contribution in [3.05, 3.63) is 29.3 Å². The Morgan fingerprint density at radius 1 is 1.14 bits per heavy atom. The fourth-order valence-electron chi connectivity index (χ4n) is 1.47. The third-order valence-corrected chi connectivity index (χ3v) is 4.75. The standard InChI is InChI=1S/C12H15ClN2O5S/c1-14(8-12(17)18)11(16)7-15(2)21(19,20)10-5-3-9(13)4-6-10/h3-6H,7-8H2,1-2H3,(H,17,18). The monoisotopic (exact) mass is 334 g/mol. The molecule has 0 aliphatic rings. The number of carbonyl (C=O) groups is 2. The van der Waals surface area contributed by atoms with Gasteiger partial charge in [-0.25, -0.2) is 8.42 Å². The molecule has 7 nitrogen and oxygen atoms in total. The van der Waals surface area contributed by atoms with Crippen molar-refractivity contribution < 1.29 is 23.1 Å². The molecule has 0 aliphatic carbocycles. The number of likely N-dealkylation sites (N-methyl/N-ethyl adjacent to an activating group) is 2. The normalized spacial score (nSPS) is 11.4. The molecule has 0 spiro atoms. The summed E-state index contributed by atoms with van der Waals surface area (Å²) in [6, 6.07) is 5.53. The van der Waals surface area contributed by atoms with E-state index < -0.39 is 35.0 Å². The lowest BCUT2D eigenvalue weighted by Gasteiger charge is -2.20. The van der Waals surface area contributed by atoms with Crippen molar-refractivity contribution in [2.75, 3.05) is 27.2 Å². The van der Waals surface area contributed by atoms with Crippen LogP contribution in [0.25, 0.3) is 0 Å². The molecule has 1 aromatic rings. The molecule has 0 saturated heterocycles. The van der Waals surface area contributed by atoms with Crippen molar-refractivity contribution in [2.24, 2.45) is 0 Å².